The number of hydrogen-bond acceptors (Lipinski definition) is 8. The van der Waals surface area contributed by atoms with Crippen LogP contribution in [0.4, 0.5) is 0 Å². The fourth-order valence-electron chi connectivity index (χ4n) is 8.60. The number of piperazine rings is 2. The molecule has 0 radical (unpaired) electrons. The molecular formula is C44H52N4O6. The summed E-state index contributed by atoms with van der Waals surface area (Å²) in [6, 6.07) is 30.8. The molecule has 0 spiro atoms. The maximum absolute atomic E-state index is 15.1. The number of carbonyl (C=O) groups is 2. The fraction of sp³-hybridized carbons (Fsp3) is 0.409. The highest BCUT2D eigenvalue weighted by atomic mass is 16.5. The molecular weight excluding hydrogens is 681 g/mol. The molecule has 0 aromatic heterocycles. The van der Waals surface area contributed by atoms with E-state index in [1.807, 2.05) is 52.3 Å². The number of amides is 2. The van der Waals surface area contributed by atoms with Gasteiger partial charge < -0.3 is 28.7 Å². The molecule has 2 aliphatic heterocycles. The van der Waals surface area contributed by atoms with Gasteiger partial charge in [-0.1, -0.05) is 66.7 Å². The number of nitrogens with zero attached hydrogens (tertiary/aromatic N) is 4. The molecule has 2 saturated heterocycles. The zero-order valence-corrected chi connectivity index (χ0v) is 31.9. The smallest absolute Gasteiger partial charge is 0.227 e. The van der Waals surface area contributed by atoms with Gasteiger partial charge in [0, 0.05) is 83.7 Å². The normalized spacial score (nSPS) is 20.3. The Kier molecular flexibility index (Phi) is 11.7. The monoisotopic (exact) mass is 732 g/mol. The lowest BCUT2D eigenvalue weighted by atomic mass is 9.79. The second kappa shape index (κ2) is 17.0. The minimum Gasteiger partial charge on any atom is -0.493 e. The van der Waals surface area contributed by atoms with Gasteiger partial charge in [0.25, 0.3) is 0 Å². The molecule has 54 heavy (non-hydrogen) atoms. The Morgan fingerprint density at radius 3 is 1.56 bits per heavy atom. The van der Waals surface area contributed by atoms with Crippen LogP contribution in [0.2, 0.25) is 0 Å². The van der Waals surface area contributed by atoms with Crippen molar-refractivity contribution in [3.8, 4) is 23.0 Å². The van der Waals surface area contributed by atoms with Crippen molar-refractivity contribution in [2.45, 2.75) is 31.3 Å². The lowest BCUT2D eigenvalue weighted by molar-refractivity contribution is -0.139. The average Bonchev–Trinajstić information content (AvgIpc) is 3.53. The van der Waals surface area contributed by atoms with Crippen LogP contribution in [-0.2, 0) is 22.7 Å². The van der Waals surface area contributed by atoms with Crippen LogP contribution in [0.25, 0.3) is 0 Å². The first kappa shape index (κ1) is 37.3. The van der Waals surface area contributed by atoms with E-state index in [9.17, 15) is 4.79 Å². The highest BCUT2D eigenvalue weighted by Gasteiger charge is 2.49. The zero-order chi connectivity index (χ0) is 37.6. The van der Waals surface area contributed by atoms with Gasteiger partial charge in [0.1, 0.15) is 0 Å². The molecule has 3 aliphatic rings. The van der Waals surface area contributed by atoms with Crippen LogP contribution in [0.1, 0.15) is 46.1 Å². The Balaban J connectivity index is 1.19. The van der Waals surface area contributed by atoms with E-state index < -0.39 is 5.92 Å². The predicted octanol–water partition coefficient (Wildman–Crippen LogP) is 5.65. The summed E-state index contributed by atoms with van der Waals surface area (Å²) in [5.41, 5.74) is 5.37. The van der Waals surface area contributed by atoms with Gasteiger partial charge in [-0.3, -0.25) is 19.4 Å². The van der Waals surface area contributed by atoms with Crippen molar-refractivity contribution >= 4 is 11.8 Å². The number of methoxy groups -OCH3 is 4. The van der Waals surface area contributed by atoms with Gasteiger partial charge in [0.15, 0.2) is 23.0 Å². The summed E-state index contributed by atoms with van der Waals surface area (Å²) in [6.45, 7) is 7.41. The Morgan fingerprint density at radius 1 is 0.556 bits per heavy atom. The van der Waals surface area contributed by atoms with Crippen LogP contribution in [0.5, 0.6) is 23.0 Å². The Labute approximate surface area is 319 Å². The van der Waals surface area contributed by atoms with E-state index in [1.165, 1.54) is 11.1 Å². The molecule has 0 N–H and O–H groups in total. The van der Waals surface area contributed by atoms with Crippen LogP contribution >= 0.6 is 0 Å². The van der Waals surface area contributed by atoms with E-state index in [-0.39, 0.29) is 30.1 Å². The van der Waals surface area contributed by atoms with E-state index >= 15 is 4.79 Å². The molecule has 3 unspecified atom stereocenters. The van der Waals surface area contributed by atoms with Crippen molar-refractivity contribution in [3.63, 3.8) is 0 Å². The zero-order valence-electron chi connectivity index (χ0n) is 31.9. The molecule has 2 heterocycles. The quantitative estimate of drug-likeness (QED) is 0.185. The summed E-state index contributed by atoms with van der Waals surface area (Å²) in [5.74, 6) is 1.25. The molecule has 0 saturated carbocycles. The summed E-state index contributed by atoms with van der Waals surface area (Å²) in [5, 5.41) is 0. The van der Waals surface area contributed by atoms with Gasteiger partial charge in [-0.25, -0.2) is 0 Å². The predicted molar refractivity (Wildman–Crippen MR) is 208 cm³/mol. The molecule has 1 aliphatic carbocycles. The standard InChI is InChI=1S/C44H52N4O6/c1-51-37-16-15-33(25-38(37)52-2)42-35-27-40(54-4)39(53-3)26-34(35)36(28-41(49)47-21-17-45(18-22-47)29-31-11-7-5-8-12-31)43(42)44(50)48-23-19-46(20-24-48)30-32-13-9-6-10-14-32/h5-16,25-27,36,42-43H,17-24,28-30H2,1-4H3. The topological polar surface area (TPSA) is 84.0 Å². The van der Waals surface area contributed by atoms with Crippen molar-refractivity contribution in [1.82, 2.24) is 19.6 Å². The van der Waals surface area contributed by atoms with Crippen LogP contribution in [-0.4, -0.2) is 112 Å². The number of rotatable bonds is 12. The third-order valence-electron chi connectivity index (χ3n) is 11.5. The summed E-state index contributed by atoms with van der Waals surface area (Å²) >= 11 is 0. The second-order valence-corrected chi connectivity index (χ2v) is 14.5. The first-order valence-corrected chi connectivity index (χ1v) is 19.0. The highest BCUT2D eigenvalue weighted by Crippen LogP contribution is 2.55. The molecule has 284 valence electrons. The average molecular weight is 733 g/mol. The van der Waals surface area contributed by atoms with Crippen molar-refractivity contribution in [3.05, 3.63) is 119 Å². The summed E-state index contributed by atoms with van der Waals surface area (Å²) in [7, 11) is 6.49. The largest absolute Gasteiger partial charge is 0.493 e. The van der Waals surface area contributed by atoms with Gasteiger partial charge in [-0.2, -0.15) is 0 Å². The van der Waals surface area contributed by atoms with E-state index in [2.05, 4.69) is 58.3 Å². The van der Waals surface area contributed by atoms with Crippen molar-refractivity contribution < 1.29 is 28.5 Å². The summed E-state index contributed by atoms with van der Waals surface area (Å²) in [6.07, 6.45) is 0.218. The highest BCUT2D eigenvalue weighted by molar-refractivity contribution is 5.86. The van der Waals surface area contributed by atoms with Gasteiger partial charge in [-0.15, -0.1) is 0 Å². The second-order valence-electron chi connectivity index (χ2n) is 14.5. The third-order valence-corrected chi connectivity index (χ3v) is 11.5. The molecule has 4 aromatic rings. The molecule has 2 amide bonds. The minimum absolute atomic E-state index is 0.0637. The van der Waals surface area contributed by atoms with E-state index in [0.29, 0.717) is 49.2 Å². The number of carbonyl (C=O) groups excluding carboxylic acids is 2. The Morgan fingerprint density at radius 2 is 1.04 bits per heavy atom. The molecule has 4 aromatic carbocycles. The molecule has 2 fully saturated rings. The first-order chi connectivity index (χ1) is 26.4. The molecule has 0 bridgehead atoms. The van der Waals surface area contributed by atoms with E-state index in [1.54, 1.807) is 28.4 Å². The molecule has 10 nitrogen and oxygen atoms in total. The minimum atomic E-state index is -0.529. The molecule has 3 atom stereocenters. The van der Waals surface area contributed by atoms with Crippen molar-refractivity contribution in [2.75, 3.05) is 80.8 Å². The lowest BCUT2D eigenvalue weighted by Crippen LogP contribution is -2.51. The Bertz CT molecular complexity index is 1890. The maximum atomic E-state index is 15.1. The van der Waals surface area contributed by atoms with Crippen LogP contribution < -0.4 is 18.9 Å². The van der Waals surface area contributed by atoms with Crippen LogP contribution in [0.3, 0.4) is 0 Å². The number of ether oxygens (including phenoxy) is 4. The third kappa shape index (κ3) is 7.91. The van der Waals surface area contributed by atoms with Gasteiger partial charge in [-0.05, 0) is 52.1 Å². The lowest BCUT2D eigenvalue weighted by Gasteiger charge is -2.39. The first-order valence-electron chi connectivity index (χ1n) is 19.0. The molecule has 10 heteroatoms. The number of fused-ring (bicyclic) bond motifs is 1. The SMILES string of the molecule is COc1ccc(C2c3cc(OC)c(OC)cc3C(CC(=O)N3CCN(Cc4ccccc4)CC3)C2C(=O)N2CCN(Cc3ccccc3)CC2)cc1OC. The van der Waals surface area contributed by atoms with Gasteiger partial charge in [0.05, 0.1) is 34.4 Å². The number of hydrogen-bond donors (Lipinski definition) is 0. The van der Waals surface area contributed by atoms with E-state index in [0.717, 1.165) is 56.0 Å². The van der Waals surface area contributed by atoms with Crippen molar-refractivity contribution in [1.29, 1.82) is 0 Å². The van der Waals surface area contributed by atoms with Gasteiger partial charge >= 0.3 is 0 Å². The van der Waals surface area contributed by atoms with Crippen LogP contribution in [0, 0.1) is 5.92 Å². The van der Waals surface area contributed by atoms with Gasteiger partial charge in [0.2, 0.25) is 11.8 Å². The van der Waals surface area contributed by atoms with E-state index in [4.69, 9.17) is 18.9 Å². The summed E-state index contributed by atoms with van der Waals surface area (Å²) in [4.78, 5) is 38.3. The Hall–Kier alpha value is -5.06. The van der Waals surface area contributed by atoms with Crippen LogP contribution in [0.15, 0.2) is 91.0 Å². The maximum Gasteiger partial charge on any atom is 0.227 e. The van der Waals surface area contributed by atoms with Crippen molar-refractivity contribution in [2.24, 2.45) is 5.92 Å². The fourth-order valence-corrected chi connectivity index (χ4v) is 8.60. The number of benzene rings is 4. The summed E-state index contributed by atoms with van der Waals surface area (Å²) < 4.78 is 23.0. The molecule has 7 rings (SSSR count).